The maximum Gasteiger partial charge on any atom is 0.0567 e. The Morgan fingerprint density at radius 1 is 1.24 bits per heavy atom. The molecule has 0 aliphatic carbocycles. The van der Waals surface area contributed by atoms with Gasteiger partial charge in [0.15, 0.2) is 0 Å². The summed E-state index contributed by atoms with van der Waals surface area (Å²) in [5.74, 6) is 5.63. The number of rotatable bonds is 5. The van der Waals surface area contributed by atoms with Crippen LogP contribution in [0.25, 0.3) is 0 Å². The second-order valence-electron chi connectivity index (χ2n) is 3.88. The van der Waals surface area contributed by atoms with Gasteiger partial charge in [0.2, 0.25) is 0 Å². The fraction of sp³-hybridized carbons (Fsp3) is 0.231. The Kier molecular flexibility index (Phi) is 4.74. The monoisotopic (exact) mass is 310 g/mol. The van der Waals surface area contributed by atoms with Gasteiger partial charge in [-0.3, -0.25) is 11.3 Å². The molecule has 1 aromatic carbocycles. The number of halogens is 1. The van der Waals surface area contributed by atoms with Gasteiger partial charge < -0.3 is 0 Å². The number of hydrogen-bond acceptors (Lipinski definition) is 3. The highest BCUT2D eigenvalue weighted by atomic mass is 79.9. The minimum absolute atomic E-state index is 0.213. The molecule has 0 saturated carbocycles. The molecule has 1 atom stereocenters. The van der Waals surface area contributed by atoms with Gasteiger partial charge in [-0.25, -0.2) is 0 Å². The van der Waals surface area contributed by atoms with Crippen molar-refractivity contribution in [1.82, 2.24) is 5.43 Å². The number of thiophene rings is 1. The third-order valence-corrected chi connectivity index (χ3v) is 4.71. The molecule has 1 aromatic heterocycles. The van der Waals surface area contributed by atoms with Crippen molar-refractivity contribution in [2.45, 2.75) is 18.9 Å². The summed E-state index contributed by atoms with van der Waals surface area (Å²) < 4.78 is 1.14. The van der Waals surface area contributed by atoms with Crippen molar-refractivity contribution in [2.75, 3.05) is 0 Å². The molecular weight excluding hydrogens is 296 g/mol. The maximum absolute atomic E-state index is 5.63. The molecule has 1 unspecified atom stereocenters. The van der Waals surface area contributed by atoms with Crippen LogP contribution in [0.1, 0.15) is 22.9 Å². The van der Waals surface area contributed by atoms with Crippen molar-refractivity contribution < 1.29 is 0 Å². The van der Waals surface area contributed by atoms with Gasteiger partial charge in [0.05, 0.1) is 6.04 Å². The quantitative estimate of drug-likeness (QED) is 0.653. The molecule has 0 aliphatic rings. The molecule has 17 heavy (non-hydrogen) atoms. The van der Waals surface area contributed by atoms with Gasteiger partial charge in [-0.05, 0) is 45.8 Å². The molecule has 2 aromatic rings. The van der Waals surface area contributed by atoms with Crippen molar-refractivity contribution in [3.05, 3.63) is 56.7 Å². The van der Waals surface area contributed by atoms with Crippen LogP contribution >= 0.6 is 27.3 Å². The second kappa shape index (κ2) is 6.31. The molecule has 0 radical (unpaired) electrons. The smallest absolute Gasteiger partial charge is 0.0567 e. The Hall–Kier alpha value is -0.680. The SMILES string of the molecule is NNC(CCc1ccccc1)c1sccc1Br. The summed E-state index contributed by atoms with van der Waals surface area (Å²) in [6.07, 6.45) is 2.03. The molecule has 2 rings (SSSR count). The average molecular weight is 311 g/mol. The minimum atomic E-state index is 0.213. The summed E-state index contributed by atoms with van der Waals surface area (Å²) in [4.78, 5) is 1.27. The molecule has 0 spiro atoms. The molecule has 90 valence electrons. The Labute approximate surface area is 114 Å². The summed E-state index contributed by atoms with van der Waals surface area (Å²) in [7, 11) is 0. The number of nitrogens with two attached hydrogens (primary N) is 1. The standard InChI is InChI=1S/C13H15BrN2S/c14-11-8-9-17-13(11)12(16-15)7-6-10-4-2-1-3-5-10/h1-5,8-9,12,16H,6-7,15H2. The first kappa shape index (κ1) is 12.8. The molecule has 2 nitrogen and oxygen atoms in total. The van der Waals surface area contributed by atoms with Crippen LogP contribution < -0.4 is 11.3 Å². The largest absolute Gasteiger partial charge is 0.271 e. The zero-order valence-electron chi connectivity index (χ0n) is 9.40. The number of nitrogens with one attached hydrogen (secondary N) is 1. The van der Waals surface area contributed by atoms with Crippen LogP contribution in [0, 0.1) is 0 Å². The van der Waals surface area contributed by atoms with Crippen molar-refractivity contribution in [3.63, 3.8) is 0 Å². The van der Waals surface area contributed by atoms with Gasteiger partial charge in [-0.2, -0.15) is 0 Å². The third-order valence-electron chi connectivity index (χ3n) is 2.73. The predicted octanol–water partition coefficient (Wildman–Crippen LogP) is 3.65. The van der Waals surface area contributed by atoms with Crippen LogP contribution in [0.3, 0.4) is 0 Å². The van der Waals surface area contributed by atoms with Crippen LogP contribution in [0.15, 0.2) is 46.3 Å². The van der Waals surface area contributed by atoms with Gasteiger partial charge in [0.25, 0.3) is 0 Å². The van der Waals surface area contributed by atoms with Gasteiger partial charge in [0.1, 0.15) is 0 Å². The fourth-order valence-corrected chi connectivity index (χ4v) is 3.55. The van der Waals surface area contributed by atoms with Crippen molar-refractivity contribution in [1.29, 1.82) is 0 Å². The number of hydrazine groups is 1. The zero-order chi connectivity index (χ0) is 12.1. The van der Waals surface area contributed by atoms with E-state index >= 15 is 0 Å². The summed E-state index contributed by atoms with van der Waals surface area (Å²) >= 11 is 5.28. The van der Waals surface area contributed by atoms with E-state index in [1.807, 2.05) is 6.07 Å². The summed E-state index contributed by atoms with van der Waals surface area (Å²) in [5, 5.41) is 2.08. The highest BCUT2D eigenvalue weighted by molar-refractivity contribution is 9.10. The molecule has 1 heterocycles. The van der Waals surface area contributed by atoms with Gasteiger partial charge in [-0.1, -0.05) is 30.3 Å². The summed E-state index contributed by atoms with van der Waals surface area (Å²) in [6.45, 7) is 0. The van der Waals surface area contributed by atoms with E-state index in [0.717, 1.165) is 17.3 Å². The van der Waals surface area contributed by atoms with Gasteiger partial charge in [-0.15, -0.1) is 11.3 Å². The normalized spacial score (nSPS) is 12.6. The molecule has 0 fully saturated rings. The third kappa shape index (κ3) is 3.39. The Balaban J connectivity index is 2.00. The molecule has 0 bridgehead atoms. The predicted molar refractivity (Wildman–Crippen MR) is 76.8 cm³/mol. The molecule has 0 amide bonds. The van der Waals surface area contributed by atoms with Crippen molar-refractivity contribution in [3.8, 4) is 0 Å². The van der Waals surface area contributed by atoms with E-state index in [2.05, 4.69) is 57.1 Å². The number of hydrogen-bond donors (Lipinski definition) is 2. The first-order valence-corrected chi connectivity index (χ1v) is 7.21. The minimum Gasteiger partial charge on any atom is -0.271 e. The van der Waals surface area contributed by atoms with Crippen LogP contribution in [-0.2, 0) is 6.42 Å². The highest BCUT2D eigenvalue weighted by Gasteiger charge is 2.14. The first-order valence-electron chi connectivity index (χ1n) is 5.54. The Morgan fingerprint density at radius 2 is 2.00 bits per heavy atom. The van der Waals surface area contributed by atoms with Crippen molar-refractivity contribution >= 4 is 27.3 Å². The van der Waals surface area contributed by atoms with Gasteiger partial charge in [0, 0.05) is 9.35 Å². The van der Waals surface area contributed by atoms with Crippen LogP contribution in [0.4, 0.5) is 0 Å². The van der Waals surface area contributed by atoms with Crippen LogP contribution in [0.2, 0.25) is 0 Å². The van der Waals surface area contributed by atoms with E-state index < -0.39 is 0 Å². The molecule has 3 N–H and O–H groups in total. The number of aryl methyl sites for hydroxylation is 1. The molecule has 0 saturated heterocycles. The van der Waals surface area contributed by atoms with E-state index in [0.29, 0.717) is 0 Å². The number of benzene rings is 1. The second-order valence-corrected chi connectivity index (χ2v) is 5.68. The van der Waals surface area contributed by atoms with E-state index in [9.17, 15) is 0 Å². The highest BCUT2D eigenvalue weighted by Crippen LogP contribution is 2.31. The first-order chi connectivity index (χ1) is 8.31. The molecule has 0 aliphatic heterocycles. The topological polar surface area (TPSA) is 38.0 Å². The lowest BCUT2D eigenvalue weighted by atomic mass is 10.0. The van der Waals surface area contributed by atoms with Crippen LogP contribution in [0.5, 0.6) is 0 Å². The van der Waals surface area contributed by atoms with E-state index in [1.54, 1.807) is 11.3 Å². The maximum atomic E-state index is 5.63. The molecule has 4 heteroatoms. The van der Waals surface area contributed by atoms with E-state index in [4.69, 9.17) is 5.84 Å². The lowest BCUT2D eigenvalue weighted by Crippen LogP contribution is -2.28. The van der Waals surface area contributed by atoms with E-state index in [-0.39, 0.29) is 6.04 Å². The lowest BCUT2D eigenvalue weighted by molar-refractivity contribution is 0.522. The van der Waals surface area contributed by atoms with Gasteiger partial charge >= 0.3 is 0 Å². The van der Waals surface area contributed by atoms with Crippen molar-refractivity contribution in [2.24, 2.45) is 5.84 Å². The Bertz CT molecular complexity index is 455. The summed E-state index contributed by atoms with van der Waals surface area (Å²) in [6, 6.07) is 12.8. The zero-order valence-corrected chi connectivity index (χ0v) is 11.8. The summed E-state index contributed by atoms with van der Waals surface area (Å²) in [5.41, 5.74) is 4.24. The average Bonchev–Trinajstić information content (AvgIpc) is 2.78. The van der Waals surface area contributed by atoms with Crippen LogP contribution in [-0.4, -0.2) is 0 Å². The fourth-order valence-electron chi connectivity index (χ4n) is 1.80. The van der Waals surface area contributed by atoms with E-state index in [1.165, 1.54) is 10.4 Å². The lowest BCUT2D eigenvalue weighted by Gasteiger charge is -2.14. The Morgan fingerprint density at radius 3 is 2.59 bits per heavy atom. The molecular formula is C13H15BrN2S.